The maximum Gasteiger partial charge on any atom is 0.422 e. The molecular formula is C18H24N2O5. The Hall–Kier alpha value is -2.83. The summed E-state index contributed by atoms with van der Waals surface area (Å²) in [7, 11) is 2.74. The van der Waals surface area contributed by atoms with E-state index < -0.39 is 5.97 Å². The molecule has 25 heavy (non-hydrogen) atoms. The summed E-state index contributed by atoms with van der Waals surface area (Å²) in [5.74, 6) is 0.347. The largest absolute Gasteiger partial charge is 0.503 e. The predicted octanol–water partition coefficient (Wildman–Crippen LogP) is 3.96. The maximum atomic E-state index is 12.0. The van der Waals surface area contributed by atoms with E-state index in [4.69, 9.17) is 18.7 Å². The number of aromatic nitrogens is 2. The molecule has 0 spiro atoms. The van der Waals surface area contributed by atoms with E-state index in [1.165, 1.54) is 20.5 Å². The van der Waals surface area contributed by atoms with Crippen LogP contribution in [-0.4, -0.2) is 30.3 Å². The number of nitrogens with zero attached hydrogens (tertiary/aromatic N) is 2. The molecule has 1 heterocycles. The van der Waals surface area contributed by atoms with Gasteiger partial charge in [-0.05, 0) is 6.07 Å². The third-order valence-electron chi connectivity index (χ3n) is 3.09. The zero-order chi connectivity index (χ0) is 17.7. The fourth-order valence-corrected chi connectivity index (χ4v) is 1.88. The lowest BCUT2D eigenvalue weighted by molar-refractivity contribution is -0.133. The molecule has 0 N–H and O–H groups in total. The van der Waals surface area contributed by atoms with Gasteiger partial charge in [0.15, 0.2) is 5.82 Å². The number of rotatable bonds is 5. The number of ether oxygens (including phenoxy) is 3. The maximum absolute atomic E-state index is 12.0. The van der Waals surface area contributed by atoms with Crippen LogP contribution < -0.4 is 4.74 Å². The summed E-state index contributed by atoms with van der Waals surface area (Å²) >= 11 is 0. The summed E-state index contributed by atoms with van der Waals surface area (Å²) < 4.78 is 20.5. The lowest BCUT2D eigenvalue weighted by Gasteiger charge is -2.11. The summed E-state index contributed by atoms with van der Waals surface area (Å²) in [6, 6.07) is 6.92. The summed E-state index contributed by atoms with van der Waals surface area (Å²) in [6.07, 6.45) is 1.29. The van der Waals surface area contributed by atoms with Gasteiger partial charge < -0.3 is 14.2 Å². The van der Waals surface area contributed by atoms with E-state index >= 15 is 0 Å². The van der Waals surface area contributed by atoms with E-state index in [-0.39, 0.29) is 24.5 Å². The van der Waals surface area contributed by atoms with Crippen LogP contribution in [0.4, 0.5) is 0 Å². The Morgan fingerprint density at radius 1 is 1.20 bits per heavy atom. The molecule has 0 atom stereocenters. The SMILES string of the molecule is C.CO/C=C(/C(=O)OC)c1ccccc1Oc1nc(C(C)(C)C)no1. The summed E-state index contributed by atoms with van der Waals surface area (Å²) in [5, 5.41) is 3.90. The molecule has 7 nitrogen and oxygen atoms in total. The van der Waals surface area contributed by atoms with Gasteiger partial charge in [0.05, 0.1) is 20.5 Å². The first-order valence-corrected chi connectivity index (χ1v) is 7.29. The van der Waals surface area contributed by atoms with E-state index in [1.807, 2.05) is 20.8 Å². The van der Waals surface area contributed by atoms with Crippen LogP contribution in [0.15, 0.2) is 35.1 Å². The van der Waals surface area contributed by atoms with E-state index in [0.29, 0.717) is 17.1 Å². The second-order valence-corrected chi connectivity index (χ2v) is 5.99. The number of hydrogen-bond donors (Lipinski definition) is 0. The highest BCUT2D eigenvalue weighted by Crippen LogP contribution is 2.31. The van der Waals surface area contributed by atoms with Crippen LogP contribution in [0.25, 0.3) is 5.57 Å². The van der Waals surface area contributed by atoms with Crippen LogP contribution in [0, 0.1) is 0 Å². The third kappa shape index (κ3) is 4.82. The van der Waals surface area contributed by atoms with Crippen molar-refractivity contribution in [3.63, 3.8) is 0 Å². The minimum atomic E-state index is -0.547. The van der Waals surface area contributed by atoms with Gasteiger partial charge in [-0.3, -0.25) is 4.52 Å². The van der Waals surface area contributed by atoms with Crippen molar-refractivity contribution in [2.45, 2.75) is 33.6 Å². The van der Waals surface area contributed by atoms with Gasteiger partial charge in [0.1, 0.15) is 11.3 Å². The molecule has 0 unspecified atom stereocenters. The molecule has 0 fully saturated rings. The van der Waals surface area contributed by atoms with E-state index in [1.54, 1.807) is 24.3 Å². The van der Waals surface area contributed by atoms with Crippen molar-refractivity contribution in [3.05, 3.63) is 41.9 Å². The molecule has 0 aliphatic heterocycles. The van der Waals surface area contributed by atoms with Crippen LogP contribution in [0.3, 0.4) is 0 Å². The average molecular weight is 348 g/mol. The molecule has 0 amide bonds. The monoisotopic (exact) mass is 348 g/mol. The van der Waals surface area contributed by atoms with Crippen LogP contribution >= 0.6 is 0 Å². The fourth-order valence-electron chi connectivity index (χ4n) is 1.88. The van der Waals surface area contributed by atoms with E-state index in [9.17, 15) is 4.79 Å². The molecule has 1 aromatic carbocycles. The molecule has 7 heteroatoms. The van der Waals surface area contributed by atoms with Gasteiger partial charge in [0, 0.05) is 11.0 Å². The molecule has 2 rings (SSSR count). The first kappa shape index (κ1) is 20.2. The highest BCUT2D eigenvalue weighted by atomic mass is 16.6. The van der Waals surface area contributed by atoms with Gasteiger partial charge in [-0.2, -0.15) is 4.98 Å². The van der Waals surface area contributed by atoms with Gasteiger partial charge in [-0.15, -0.1) is 0 Å². The third-order valence-corrected chi connectivity index (χ3v) is 3.09. The van der Waals surface area contributed by atoms with Crippen LogP contribution in [0.2, 0.25) is 0 Å². The van der Waals surface area contributed by atoms with Crippen LogP contribution in [0.1, 0.15) is 39.6 Å². The molecular weight excluding hydrogens is 324 g/mol. The van der Waals surface area contributed by atoms with Gasteiger partial charge in [-0.1, -0.05) is 51.6 Å². The van der Waals surface area contributed by atoms with Crippen molar-refractivity contribution in [1.29, 1.82) is 0 Å². The molecule has 1 aromatic heterocycles. The van der Waals surface area contributed by atoms with E-state index in [2.05, 4.69) is 10.1 Å². The molecule has 136 valence electrons. The quantitative estimate of drug-likeness (QED) is 0.459. The topological polar surface area (TPSA) is 83.7 Å². The van der Waals surface area contributed by atoms with Crippen molar-refractivity contribution >= 4 is 11.5 Å². The Bertz CT molecular complexity index is 744. The number of carbonyl (C=O) groups is 1. The molecule has 2 aromatic rings. The zero-order valence-electron chi connectivity index (χ0n) is 14.3. The number of carbonyl (C=O) groups excluding carboxylic acids is 1. The van der Waals surface area contributed by atoms with Crippen molar-refractivity contribution in [1.82, 2.24) is 10.1 Å². The highest BCUT2D eigenvalue weighted by Gasteiger charge is 2.23. The summed E-state index contributed by atoms with van der Waals surface area (Å²) in [5.41, 5.74) is 0.436. The first-order chi connectivity index (χ1) is 11.4. The first-order valence-electron chi connectivity index (χ1n) is 7.29. The average Bonchev–Trinajstić information content (AvgIpc) is 3.01. The molecule has 0 radical (unpaired) electrons. The molecule has 0 saturated heterocycles. The smallest absolute Gasteiger partial charge is 0.422 e. The Kier molecular flexibility index (Phi) is 6.73. The van der Waals surface area contributed by atoms with Crippen molar-refractivity contribution in [2.75, 3.05) is 14.2 Å². The highest BCUT2D eigenvalue weighted by molar-refractivity contribution is 6.16. The van der Waals surface area contributed by atoms with E-state index in [0.717, 1.165) is 0 Å². The predicted molar refractivity (Wildman–Crippen MR) is 93.2 cm³/mol. The standard InChI is InChI=1S/C17H20N2O5.CH4/c1-17(2,3)15-18-16(24-19-15)23-13-9-7-6-8-11(13)12(10-21-4)14(20)22-5;/h6-10H,1-5H3;1H4/b12-10+;. The zero-order valence-corrected chi connectivity index (χ0v) is 14.3. The second kappa shape index (κ2) is 8.32. The minimum Gasteiger partial charge on any atom is -0.503 e. The van der Waals surface area contributed by atoms with Crippen molar-refractivity contribution in [2.24, 2.45) is 0 Å². The number of para-hydroxylation sites is 1. The van der Waals surface area contributed by atoms with Crippen LogP contribution in [0.5, 0.6) is 11.8 Å². The second-order valence-electron chi connectivity index (χ2n) is 5.99. The van der Waals surface area contributed by atoms with Crippen LogP contribution in [-0.2, 0) is 19.7 Å². The summed E-state index contributed by atoms with van der Waals surface area (Å²) in [4.78, 5) is 16.2. The van der Waals surface area contributed by atoms with Crippen molar-refractivity contribution in [3.8, 4) is 11.8 Å². The molecule has 0 aliphatic carbocycles. The normalized spacial score (nSPS) is 11.5. The fraction of sp³-hybridized carbons (Fsp3) is 0.389. The Labute approximate surface area is 147 Å². The number of hydrogen-bond acceptors (Lipinski definition) is 7. The van der Waals surface area contributed by atoms with Gasteiger partial charge in [0.25, 0.3) is 0 Å². The number of benzene rings is 1. The molecule has 0 aliphatic rings. The molecule has 0 saturated carbocycles. The Morgan fingerprint density at radius 3 is 2.44 bits per heavy atom. The number of methoxy groups -OCH3 is 2. The van der Waals surface area contributed by atoms with Gasteiger partial charge >= 0.3 is 12.0 Å². The Morgan fingerprint density at radius 2 is 1.88 bits per heavy atom. The lowest BCUT2D eigenvalue weighted by Crippen LogP contribution is -2.13. The minimum absolute atomic E-state index is 0. The lowest BCUT2D eigenvalue weighted by atomic mass is 9.96. The van der Waals surface area contributed by atoms with Gasteiger partial charge in [0.2, 0.25) is 0 Å². The van der Waals surface area contributed by atoms with Gasteiger partial charge in [-0.25, -0.2) is 4.79 Å². The molecule has 0 bridgehead atoms. The Balaban J connectivity index is 0.00000312. The number of esters is 1. The summed E-state index contributed by atoms with van der Waals surface area (Å²) in [6.45, 7) is 5.89. The van der Waals surface area contributed by atoms with Crippen molar-refractivity contribution < 1.29 is 23.5 Å².